The fraction of sp³-hybridized carbons (Fsp3) is 0.208. The lowest BCUT2D eigenvalue weighted by Gasteiger charge is -2.23. The summed E-state index contributed by atoms with van der Waals surface area (Å²) in [6.07, 6.45) is 2.38. The number of anilines is 1. The lowest BCUT2D eigenvalue weighted by molar-refractivity contribution is -0.106. The Bertz CT molecular complexity index is 1010. The Morgan fingerprint density at radius 1 is 1.10 bits per heavy atom. The predicted molar refractivity (Wildman–Crippen MR) is 114 cm³/mol. The van der Waals surface area contributed by atoms with E-state index in [1.165, 1.54) is 23.3 Å². The summed E-state index contributed by atoms with van der Waals surface area (Å²) in [5, 5.41) is 13.4. The molecule has 4 N–H and O–H groups in total. The minimum atomic E-state index is -0.576. The zero-order valence-corrected chi connectivity index (χ0v) is 16.4. The van der Waals surface area contributed by atoms with Crippen molar-refractivity contribution >= 4 is 12.1 Å². The highest BCUT2D eigenvalue weighted by Gasteiger charge is 2.18. The Morgan fingerprint density at radius 3 is 2.53 bits per heavy atom. The smallest absolute Gasteiger partial charge is 0.204 e. The van der Waals surface area contributed by atoms with Crippen LogP contribution in [0.3, 0.4) is 0 Å². The summed E-state index contributed by atoms with van der Waals surface area (Å²) < 4.78 is 27.0. The average molecular weight is 410 g/mol. The van der Waals surface area contributed by atoms with Gasteiger partial charge in [-0.3, -0.25) is 4.79 Å². The number of carbonyl (C=O) groups is 1. The molecule has 0 spiro atoms. The number of primary amides is 1. The van der Waals surface area contributed by atoms with Gasteiger partial charge in [-0.05, 0) is 53.3 Å². The Balaban J connectivity index is 0.000000806. The van der Waals surface area contributed by atoms with Gasteiger partial charge in [0.05, 0.1) is 6.10 Å². The minimum Gasteiger partial charge on any atom is -0.393 e. The van der Waals surface area contributed by atoms with Crippen LogP contribution < -0.4 is 11.1 Å². The third-order valence-electron chi connectivity index (χ3n) is 5.14. The summed E-state index contributed by atoms with van der Waals surface area (Å²) in [5.41, 5.74) is 9.89. The average Bonchev–Trinajstić information content (AvgIpc) is 2.73. The van der Waals surface area contributed by atoms with Gasteiger partial charge in [-0.15, -0.1) is 0 Å². The third kappa shape index (κ3) is 5.21. The van der Waals surface area contributed by atoms with Crippen LogP contribution in [0.25, 0.3) is 11.1 Å². The van der Waals surface area contributed by atoms with Gasteiger partial charge >= 0.3 is 0 Å². The number of aliphatic hydroxyl groups excluding tert-OH is 1. The van der Waals surface area contributed by atoms with E-state index in [1.54, 1.807) is 0 Å². The van der Waals surface area contributed by atoms with Crippen molar-refractivity contribution in [1.29, 1.82) is 0 Å². The monoisotopic (exact) mass is 410 g/mol. The highest BCUT2D eigenvalue weighted by Crippen LogP contribution is 2.29. The van der Waals surface area contributed by atoms with Gasteiger partial charge in [0.1, 0.15) is 11.6 Å². The van der Waals surface area contributed by atoms with Crippen LogP contribution in [0.2, 0.25) is 0 Å². The summed E-state index contributed by atoms with van der Waals surface area (Å²) in [4.78, 5) is 8.58. The zero-order chi connectivity index (χ0) is 21.5. The van der Waals surface area contributed by atoms with Gasteiger partial charge in [0.15, 0.2) is 0 Å². The van der Waals surface area contributed by atoms with Crippen LogP contribution in [0, 0.1) is 11.6 Å². The summed E-state index contributed by atoms with van der Waals surface area (Å²) in [6, 6.07) is 17.4. The number of aryl methyl sites for hydroxylation is 1. The van der Waals surface area contributed by atoms with E-state index in [0.717, 1.165) is 35.7 Å². The molecule has 0 heterocycles. The first-order chi connectivity index (χ1) is 14.5. The van der Waals surface area contributed by atoms with Crippen molar-refractivity contribution in [2.75, 3.05) is 5.32 Å². The van der Waals surface area contributed by atoms with Crippen LogP contribution >= 0.6 is 0 Å². The Kier molecular flexibility index (Phi) is 7.14. The van der Waals surface area contributed by atoms with E-state index in [9.17, 15) is 13.9 Å². The molecule has 1 atom stereocenters. The normalized spacial score (nSPS) is 14.8. The molecule has 1 amide bonds. The highest BCUT2D eigenvalue weighted by molar-refractivity contribution is 5.64. The molecule has 3 aromatic carbocycles. The molecule has 1 aliphatic carbocycles. The molecule has 0 aromatic heterocycles. The first kappa shape index (κ1) is 21.5. The summed E-state index contributed by atoms with van der Waals surface area (Å²) >= 11 is 0. The topological polar surface area (TPSA) is 75.4 Å². The van der Waals surface area contributed by atoms with Gasteiger partial charge in [0, 0.05) is 30.3 Å². The largest absolute Gasteiger partial charge is 0.393 e. The molecule has 1 unspecified atom stereocenters. The Morgan fingerprint density at radius 2 is 1.83 bits per heavy atom. The van der Waals surface area contributed by atoms with Crippen molar-refractivity contribution in [3.05, 3.63) is 89.0 Å². The van der Waals surface area contributed by atoms with Crippen LogP contribution in [-0.2, 0) is 24.2 Å². The van der Waals surface area contributed by atoms with Gasteiger partial charge in [-0.25, -0.2) is 8.78 Å². The molecule has 1 aliphatic rings. The summed E-state index contributed by atoms with van der Waals surface area (Å²) in [5.74, 6) is -1.14. The van der Waals surface area contributed by atoms with Gasteiger partial charge in [-0.2, -0.15) is 0 Å². The quantitative estimate of drug-likeness (QED) is 0.565. The number of nitrogens with one attached hydrogen (secondary N) is 1. The van der Waals surface area contributed by atoms with E-state index >= 15 is 0 Å². The second-order valence-corrected chi connectivity index (χ2v) is 7.15. The van der Waals surface area contributed by atoms with Crippen molar-refractivity contribution in [2.45, 2.75) is 31.9 Å². The fourth-order valence-corrected chi connectivity index (χ4v) is 3.66. The summed E-state index contributed by atoms with van der Waals surface area (Å²) in [6.45, 7) is 0.638. The maximum atomic E-state index is 13.9. The van der Waals surface area contributed by atoms with E-state index in [0.29, 0.717) is 18.5 Å². The van der Waals surface area contributed by atoms with Gasteiger partial charge < -0.3 is 16.2 Å². The van der Waals surface area contributed by atoms with Crippen LogP contribution in [0.4, 0.5) is 14.5 Å². The lowest BCUT2D eigenvalue weighted by Crippen LogP contribution is -2.20. The number of hydrogen-bond donors (Lipinski definition) is 3. The van der Waals surface area contributed by atoms with Crippen molar-refractivity contribution in [1.82, 2.24) is 0 Å². The standard InChI is InChI=1S/C23H21F2NO.CH3NO/c24-18-9-11-20(22(25)12-18)17-6-4-15(5-7-17)14-26-23-3-1-2-16-8-10-19(27)13-21(16)23;2-1-3/h1-7,9,11-12,19,26-27H,8,10,13-14H2;1H,(H2,2,3). The molecule has 156 valence electrons. The highest BCUT2D eigenvalue weighted by atomic mass is 19.1. The Hall–Kier alpha value is -3.25. The minimum absolute atomic E-state index is 0.250. The van der Waals surface area contributed by atoms with Crippen LogP contribution in [0.1, 0.15) is 23.1 Å². The molecular formula is C24H24F2N2O2. The maximum absolute atomic E-state index is 13.9. The zero-order valence-electron chi connectivity index (χ0n) is 16.4. The molecule has 6 heteroatoms. The molecule has 3 aromatic rings. The molecule has 0 fully saturated rings. The number of rotatable bonds is 4. The molecule has 4 nitrogen and oxygen atoms in total. The van der Waals surface area contributed by atoms with Crippen molar-refractivity contribution in [3.63, 3.8) is 0 Å². The molecule has 4 rings (SSSR count). The van der Waals surface area contributed by atoms with Crippen LogP contribution in [0.5, 0.6) is 0 Å². The van der Waals surface area contributed by atoms with E-state index in [-0.39, 0.29) is 12.5 Å². The predicted octanol–water partition coefficient (Wildman–Crippen LogP) is 4.20. The number of fused-ring (bicyclic) bond motifs is 1. The Labute approximate surface area is 174 Å². The SMILES string of the molecule is NC=O.OC1CCc2cccc(NCc3ccc(-c4ccc(F)cc4F)cc3)c2C1. The van der Waals surface area contributed by atoms with E-state index in [2.05, 4.69) is 17.1 Å². The first-order valence-electron chi connectivity index (χ1n) is 9.74. The van der Waals surface area contributed by atoms with Crippen molar-refractivity contribution in [2.24, 2.45) is 5.73 Å². The van der Waals surface area contributed by atoms with Gasteiger partial charge in [0.25, 0.3) is 0 Å². The van der Waals surface area contributed by atoms with Crippen LogP contribution in [-0.4, -0.2) is 17.6 Å². The summed E-state index contributed by atoms with van der Waals surface area (Å²) in [7, 11) is 0. The number of halogens is 2. The number of carbonyl (C=O) groups excluding carboxylic acids is 1. The van der Waals surface area contributed by atoms with Crippen molar-refractivity contribution in [3.8, 4) is 11.1 Å². The van der Waals surface area contributed by atoms with E-state index in [4.69, 9.17) is 4.79 Å². The maximum Gasteiger partial charge on any atom is 0.204 e. The molecule has 30 heavy (non-hydrogen) atoms. The van der Waals surface area contributed by atoms with Crippen LogP contribution in [0.15, 0.2) is 60.7 Å². The third-order valence-corrected chi connectivity index (χ3v) is 5.14. The van der Waals surface area contributed by atoms with Crippen molar-refractivity contribution < 1.29 is 18.7 Å². The number of hydrogen-bond acceptors (Lipinski definition) is 3. The van der Waals surface area contributed by atoms with Gasteiger partial charge in [-0.1, -0.05) is 36.4 Å². The number of aliphatic hydroxyl groups is 1. The molecular weight excluding hydrogens is 386 g/mol. The number of nitrogens with two attached hydrogens (primary N) is 1. The second-order valence-electron chi connectivity index (χ2n) is 7.15. The second kappa shape index (κ2) is 9.98. The molecule has 0 radical (unpaired) electrons. The molecule has 0 saturated heterocycles. The van der Waals surface area contributed by atoms with Gasteiger partial charge in [0.2, 0.25) is 6.41 Å². The number of benzene rings is 3. The first-order valence-corrected chi connectivity index (χ1v) is 9.74. The lowest BCUT2D eigenvalue weighted by atomic mass is 9.88. The van der Waals surface area contributed by atoms with E-state index in [1.807, 2.05) is 36.4 Å². The molecule has 0 bridgehead atoms. The molecule has 0 saturated carbocycles. The molecule has 0 aliphatic heterocycles. The fourth-order valence-electron chi connectivity index (χ4n) is 3.66. The van der Waals surface area contributed by atoms with E-state index < -0.39 is 11.6 Å². The number of amides is 1.